The van der Waals surface area contributed by atoms with Crippen LogP contribution in [0, 0.1) is 11.3 Å². The van der Waals surface area contributed by atoms with E-state index >= 15 is 0 Å². The first-order valence-electron chi connectivity index (χ1n) is 12.8. The topological polar surface area (TPSA) is 135 Å². The van der Waals surface area contributed by atoms with Gasteiger partial charge in [0, 0.05) is 26.7 Å². The Balaban J connectivity index is 1.98. The van der Waals surface area contributed by atoms with Gasteiger partial charge in [-0.05, 0) is 52.2 Å². The molecule has 3 fully saturated rings. The molecule has 0 aromatic heterocycles. The minimum absolute atomic E-state index is 0.118. The highest BCUT2D eigenvalue weighted by molar-refractivity contribution is 5.89. The maximum absolute atomic E-state index is 13.4. The van der Waals surface area contributed by atoms with Gasteiger partial charge in [-0.25, -0.2) is 4.79 Å². The number of carbonyl (C=O) groups excluding carboxylic acids is 4. The lowest BCUT2D eigenvalue weighted by Crippen LogP contribution is -2.81. The predicted octanol–water partition coefficient (Wildman–Crippen LogP) is 2.74. The second-order valence-electron chi connectivity index (χ2n) is 11.3. The van der Waals surface area contributed by atoms with Crippen molar-refractivity contribution < 1.29 is 48.0 Å². The summed E-state index contributed by atoms with van der Waals surface area (Å²) >= 11 is 0. The van der Waals surface area contributed by atoms with Crippen molar-refractivity contribution >= 4 is 23.9 Å². The molecule has 38 heavy (non-hydrogen) atoms. The average Bonchev–Trinajstić information content (AvgIpc) is 2.98. The van der Waals surface area contributed by atoms with E-state index in [0.717, 1.165) is 0 Å². The molecule has 0 radical (unpaired) electrons. The van der Waals surface area contributed by atoms with E-state index < -0.39 is 76.9 Å². The molecule has 10 nitrogen and oxygen atoms in total. The average molecular weight is 533 g/mol. The number of fused-ring (bicyclic) bond motifs is 1. The summed E-state index contributed by atoms with van der Waals surface area (Å²) in [4.78, 5) is 50.3. The van der Waals surface area contributed by atoms with Gasteiger partial charge in [0.15, 0.2) is 5.60 Å². The Morgan fingerprint density at radius 1 is 0.921 bits per heavy atom. The number of benzene rings is 1. The molecule has 10 heteroatoms. The molecule has 1 aromatic rings. The molecule has 1 heterocycles. The van der Waals surface area contributed by atoms with E-state index in [1.165, 1.54) is 20.8 Å². The van der Waals surface area contributed by atoms with E-state index in [1.54, 1.807) is 37.3 Å². The zero-order valence-electron chi connectivity index (χ0n) is 22.6. The first-order valence-corrected chi connectivity index (χ1v) is 12.8. The zero-order valence-corrected chi connectivity index (χ0v) is 22.6. The third kappa shape index (κ3) is 4.27. The van der Waals surface area contributed by atoms with Crippen LogP contribution in [0.25, 0.3) is 0 Å². The van der Waals surface area contributed by atoms with E-state index in [1.807, 2.05) is 13.8 Å². The lowest BCUT2D eigenvalue weighted by molar-refractivity contribution is -0.340. The Morgan fingerprint density at radius 3 is 2.13 bits per heavy atom. The van der Waals surface area contributed by atoms with Crippen molar-refractivity contribution in [2.75, 3.05) is 6.61 Å². The first-order chi connectivity index (χ1) is 17.7. The molecule has 1 N–H and O–H groups in total. The lowest BCUT2D eigenvalue weighted by Gasteiger charge is -2.64. The normalized spacial score (nSPS) is 36.9. The van der Waals surface area contributed by atoms with Crippen molar-refractivity contribution in [2.45, 2.75) is 95.9 Å². The predicted molar refractivity (Wildman–Crippen MR) is 132 cm³/mol. The van der Waals surface area contributed by atoms with Crippen molar-refractivity contribution in [3.8, 4) is 0 Å². The van der Waals surface area contributed by atoms with Gasteiger partial charge in [-0.3, -0.25) is 14.4 Å². The maximum Gasteiger partial charge on any atom is 0.338 e. The summed E-state index contributed by atoms with van der Waals surface area (Å²) in [6, 6.07) is 8.39. The third-order valence-electron chi connectivity index (χ3n) is 8.46. The zero-order chi connectivity index (χ0) is 28.1. The van der Waals surface area contributed by atoms with Crippen LogP contribution >= 0.6 is 0 Å². The summed E-state index contributed by atoms with van der Waals surface area (Å²) in [7, 11) is 0. The number of esters is 4. The highest BCUT2D eigenvalue weighted by atomic mass is 16.6. The van der Waals surface area contributed by atoms with Gasteiger partial charge >= 0.3 is 23.9 Å². The minimum Gasteiger partial charge on any atom is -0.465 e. The molecule has 2 saturated carbocycles. The molecule has 0 unspecified atom stereocenters. The van der Waals surface area contributed by atoms with Gasteiger partial charge in [0.25, 0.3) is 0 Å². The summed E-state index contributed by atoms with van der Waals surface area (Å²) in [6.45, 7) is 8.52. The monoisotopic (exact) mass is 532 g/mol. The Kier molecular flexibility index (Phi) is 7.12. The molecule has 3 aliphatic rings. The summed E-state index contributed by atoms with van der Waals surface area (Å²) in [5.74, 6) is -2.97. The number of ether oxygens (including phenoxy) is 5. The first kappa shape index (κ1) is 28.0. The Morgan fingerprint density at radius 2 is 1.55 bits per heavy atom. The summed E-state index contributed by atoms with van der Waals surface area (Å²) in [5, 5.41) is 12.1. The van der Waals surface area contributed by atoms with Crippen LogP contribution in [0.15, 0.2) is 30.3 Å². The van der Waals surface area contributed by atoms with Crippen LogP contribution in [-0.2, 0) is 38.1 Å². The highest BCUT2D eigenvalue weighted by Crippen LogP contribution is 2.68. The molecule has 1 aromatic carbocycles. The largest absolute Gasteiger partial charge is 0.465 e. The summed E-state index contributed by atoms with van der Waals surface area (Å²) in [6.07, 6.45) is -2.63. The van der Waals surface area contributed by atoms with Gasteiger partial charge in [0.1, 0.15) is 30.3 Å². The van der Waals surface area contributed by atoms with Crippen LogP contribution in [0.5, 0.6) is 0 Å². The molecule has 2 bridgehead atoms. The van der Waals surface area contributed by atoms with E-state index in [2.05, 4.69) is 0 Å². The molecule has 1 spiro atoms. The smallest absolute Gasteiger partial charge is 0.338 e. The van der Waals surface area contributed by atoms with Gasteiger partial charge in [0.2, 0.25) is 0 Å². The van der Waals surface area contributed by atoms with Gasteiger partial charge in [-0.1, -0.05) is 18.2 Å². The van der Waals surface area contributed by atoms with Crippen molar-refractivity contribution in [1.82, 2.24) is 0 Å². The quantitative estimate of drug-likeness (QED) is 0.430. The molecule has 4 rings (SSSR count). The highest BCUT2D eigenvalue weighted by Gasteiger charge is 2.84. The van der Waals surface area contributed by atoms with E-state index in [0.29, 0.717) is 5.56 Å². The van der Waals surface area contributed by atoms with Crippen LogP contribution in [0.3, 0.4) is 0 Å². The van der Waals surface area contributed by atoms with Crippen LogP contribution in [-0.4, -0.2) is 70.7 Å². The van der Waals surface area contributed by atoms with E-state index in [-0.39, 0.29) is 19.3 Å². The van der Waals surface area contributed by atoms with Gasteiger partial charge in [0.05, 0.1) is 16.8 Å². The Labute approximate surface area is 221 Å². The number of rotatable bonds is 6. The molecule has 2 aliphatic carbocycles. The molecule has 1 aliphatic heterocycles. The molecule has 7 atom stereocenters. The van der Waals surface area contributed by atoms with E-state index in [4.69, 9.17) is 23.7 Å². The van der Waals surface area contributed by atoms with Gasteiger partial charge in [-0.15, -0.1) is 0 Å². The Hall–Kier alpha value is -2.98. The SMILES string of the molecule is CC(=O)OC[C@@]12[C@@H](OC(C)=O)CC[C@](C)(O)[C@]13OC(C)(C)[C@H](C[C@@H]2OC(=O)c1ccccc1)[C@H]3OC(C)=O. The number of carbonyl (C=O) groups is 4. The van der Waals surface area contributed by atoms with Crippen molar-refractivity contribution in [3.05, 3.63) is 35.9 Å². The Bertz CT molecular complexity index is 1110. The maximum atomic E-state index is 13.4. The fourth-order valence-electron chi connectivity index (χ4n) is 7.01. The summed E-state index contributed by atoms with van der Waals surface area (Å²) in [5.41, 5.74) is -5.69. The molecular formula is C28H36O10. The van der Waals surface area contributed by atoms with E-state index in [9.17, 15) is 24.3 Å². The van der Waals surface area contributed by atoms with Crippen LogP contribution in [0.2, 0.25) is 0 Å². The number of hydrogen-bond donors (Lipinski definition) is 1. The number of aliphatic hydroxyl groups is 1. The van der Waals surface area contributed by atoms with Crippen molar-refractivity contribution in [2.24, 2.45) is 11.3 Å². The fraction of sp³-hybridized carbons (Fsp3) is 0.643. The van der Waals surface area contributed by atoms with Crippen molar-refractivity contribution in [1.29, 1.82) is 0 Å². The fourth-order valence-corrected chi connectivity index (χ4v) is 7.01. The molecule has 1 saturated heterocycles. The molecule has 0 amide bonds. The van der Waals surface area contributed by atoms with Crippen LogP contribution in [0.1, 0.15) is 71.2 Å². The van der Waals surface area contributed by atoms with Crippen molar-refractivity contribution in [3.63, 3.8) is 0 Å². The standard InChI is InChI=1S/C28H36O10/c1-16(29)34-15-27-21(35-17(2)30)12-13-26(6,33)28(27)23(36-18(3)31)20(25(4,5)38-28)14-22(27)37-24(32)19-10-8-7-9-11-19/h7-11,20-23,33H,12-15H2,1-6H3/t20-,21+,22+,23-,26+,27+,28+/m1/s1. The second kappa shape index (κ2) is 9.64. The number of hydrogen-bond acceptors (Lipinski definition) is 10. The van der Waals surface area contributed by atoms with Gasteiger partial charge < -0.3 is 28.8 Å². The van der Waals surface area contributed by atoms with Crippen LogP contribution < -0.4 is 0 Å². The lowest BCUT2D eigenvalue weighted by atomic mass is 9.47. The molecule has 208 valence electrons. The minimum atomic E-state index is -1.76. The van der Waals surface area contributed by atoms with Crippen LogP contribution in [0.4, 0.5) is 0 Å². The van der Waals surface area contributed by atoms with Gasteiger partial charge in [-0.2, -0.15) is 0 Å². The summed E-state index contributed by atoms with van der Waals surface area (Å²) < 4.78 is 30.2. The second-order valence-corrected chi connectivity index (χ2v) is 11.3. The third-order valence-corrected chi connectivity index (χ3v) is 8.46. The molecular weight excluding hydrogens is 496 g/mol.